The van der Waals surface area contributed by atoms with Crippen LogP contribution in [-0.4, -0.2) is 3.21 Å². The number of allylic oxidation sites excluding steroid dienone is 1. The van der Waals surface area contributed by atoms with E-state index in [9.17, 15) is 0 Å². The van der Waals surface area contributed by atoms with Crippen molar-refractivity contribution >= 4 is 34.1 Å². The molecular weight excluding hydrogens is 583 g/mol. The van der Waals surface area contributed by atoms with E-state index in [-0.39, 0.29) is 24.8 Å². The third kappa shape index (κ3) is 4.52. The summed E-state index contributed by atoms with van der Waals surface area (Å²) in [4.78, 5) is 0. The maximum absolute atomic E-state index is 2.63. The van der Waals surface area contributed by atoms with Gasteiger partial charge in [-0.1, -0.05) is 0 Å². The van der Waals surface area contributed by atoms with Crippen molar-refractivity contribution in [3.63, 3.8) is 0 Å². The minimum atomic E-state index is -2.63. The first-order valence-electron chi connectivity index (χ1n) is 12.7. The molecule has 5 aromatic carbocycles. The number of benzene rings is 5. The van der Waals surface area contributed by atoms with E-state index in [4.69, 9.17) is 0 Å². The Morgan fingerprint density at radius 2 is 0.921 bits per heavy atom. The maximum Gasteiger partial charge on any atom is -0.147 e. The van der Waals surface area contributed by atoms with Gasteiger partial charge < -0.3 is 0 Å². The molecule has 0 amide bonds. The van der Waals surface area contributed by atoms with Gasteiger partial charge in [0.05, 0.1) is 0 Å². The van der Waals surface area contributed by atoms with Crippen LogP contribution in [0, 0.1) is 0 Å². The van der Waals surface area contributed by atoms with Gasteiger partial charge in [-0.05, 0) is 0 Å². The molecular formula is C35H28Cl2Zr. The van der Waals surface area contributed by atoms with Gasteiger partial charge in [0.2, 0.25) is 0 Å². The first-order chi connectivity index (χ1) is 17.9. The zero-order valence-electron chi connectivity index (χ0n) is 20.8. The summed E-state index contributed by atoms with van der Waals surface area (Å²) >= 11 is -2.63. The van der Waals surface area contributed by atoms with E-state index in [1.54, 1.807) is 3.21 Å². The van der Waals surface area contributed by atoms with Crippen LogP contribution in [0.15, 0.2) is 140 Å². The van der Waals surface area contributed by atoms with Gasteiger partial charge in [0.25, 0.3) is 0 Å². The summed E-state index contributed by atoms with van der Waals surface area (Å²) in [5.74, 6) is 0. The third-order valence-electron chi connectivity index (χ3n) is 7.69. The summed E-state index contributed by atoms with van der Waals surface area (Å²) in [5, 5.41) is 0. The molecule has 0 spiro atoms. The maximum atomic E-state index is 2.54. The summed E-state index contributed by atoms with van der Waals surface area (Å²) < 4.78 is 2.54. The Morgan fingerprint density at radius 3 is 1.47 bits per heavy atom. The molecule has 0 bridgehead atoms. The fourth-order valence-corrected chi connectivity index (χ4v) is 16.1. The second kappa shape index (κ2) is 11.5. The fraction of sp³-hybridized carbons (Fsp3) is 0.0571. The van der Waals surface area contributed by atoms with Crippen LogP contribution < -0.4 is 0 Å². The van der Waals surface area contributed by atoms with Crippen LogP contribution in [0.25, 0.3) is 17.2 Å². The van der Waals surface area contributed by atoms with E-state index in [1.165, 1.54) is 44.5 Å². The molecule has 3 heteroatoms. The standard InChI is InChI=1S/C13H9.C13H10.C9H7.2ClH.Zr/c1-3-7-12-10(5-1)9-11-6-2-4-8-13(11)12;1-3-7-12(8-4-1)11-13-9-5-2-6-10-13;1-2-5-9-7-3-6-8(9)4-1;;;/h1-9H;1-10H;1-7H;2*1H;. The Kier molecular flexibility index (Phi) is 8.10. The van der Waals surface area contributed by atoms with Crippen molar-refractivity contribution in [2.75, 3.05) is 0 Å². The summed E-state index contributed by atoms with van der Waals surface area (Å²) in [5.41, 5.74) is 11.6. The molecule has 186 valence electrons. The number of rotatable bonds is 4. The van der Waals surface area contributed by atoms with E-state index in [0.29, 0.717) is 7.25 Å². The van der Waals surface area contributed by atoms with Crippen LogP contribution in [0.3, 0.4) is 0 Å². The summed E-state index contributed by atoms with van der Waals surface area (Å²) in [6.07, 6.45) is 4.91. The second-order valence-corrected chi connectivity index (χ2v) is 16.1. The summed E-state index contributed by atoms with van der Waals surface area (Å²) in [7, 11) is 0. The Hall–Kier alpha value is -2.83. The van der Waals surface area contributed by atoms with E-state index in [0.717, 1.165) is 0 Å². The van der Waals surface area contributed by atoms with Gasteiger partial charge in [-0.15, -0.1) is 24.8 Å². The second-order valence-electron chi connectivity index (χ2n) is 9.64. The predicted octanol–water partition coefficient (Wildman–Crippen LogP) is 9.26. The molecule has 0 saturated heterocycles. The van der Waals surface area contributed by atoms with Gasteiger partial charge in [-0.25, -0.2) is 0 Å². The van der Waals surface area contributed by atoms with Gasteiger partial charge in [0.1, 0.15) is 0 Å². The van der Waals surface area contributed by atoms with Crippen LogP contribution in [-0.2, 0) is 21.3 Å². The molecule has 0 aromatic heterocycles. The minimum absolute atomic E-state index is 0. The number of fused-ring (bicyclic) bond motifs is 4. The van der Waals surface area contributed by atoms with Crippen LogP contribution >= 0.6 is 24.8 Å². The summed E-state index contributed by atoms with van der Waals surface area (Å²) in [6.45, 7) is 0. The molecule has 0 nitrogen and oxygen atoms in total. The Balaban J connectivity index is 0.00000147. The zero-order valence-corrected chi connectivity index (χ0v) is 24.9. The van der Waals surface area contributed by atoms with Gasteiger partial charge in [0, 0.05) is 0 Å². The van der Waals surface area contributed by atoms with Crippen LogP contribution in [0.4, 0.5) is 0 Å². The third-order valence-corrected chi connectivity index (χ3v) is 16.5. The molecule has 0 heterocycles. The Labute approximate surface area is 245 Å². The van der Waals surface area contributed by atoms with Crippen molar-refractivity contribution in [3.05, 3.63) is 173 Å². The fourth-order valence-electron chi connectivity index (χ4n) is 6.20. The van der Waals surface area contributed by atoms with Crippen molar-refractivity contribution in [1.82, 2.24) is 0 Å². The van der Waals surface area contributed by atoms with Crippen LogP contribution in [0.5, 0.6) is 0 Å². The molecule has 2 aliphatic rings. The molecule has 0 N–H and O–H groups in total. The van der Waals surface area contributed by atoms with Crippen LogP contribution in [0.2, 0.25) is 0 Å². The zero-order chi connectivity index (χ0) is 23.9. The van der Waals surface area contributed by atoms with Gasteiger partial charge in [0.15, 0.2) is 0 Å². The molecule has 0 aliphatic heterocycles. The van der Waals surface area contributed by atoms with Crippen molar-refractivity contribution in [3.8, 4) is 11.1 Å². The quantitative estimate of drug-likeness (QED) is 0.190. The van der Waals surface area contributed by atoms with E-state index in [1.807, 2.05) is 0 Å². The van der Waals surface area contributed by atoms with Gasteiger partial charge >= 0.3 is 222 Å². The monoisotopic (exact) mass is 608 g/mol. The molecule has 0 radical (unpaired) electrons. The van der Waals surface area contributed by atoms with Gasteiger partial charge in [-0.2, -0.15) is 0 Å². The average molecular weight is 611 g/mol. The smallest absolute Gasteiger partial charge is 0.147 e. The van der Waals surface area contributed by atoms with Crippen molar-refractivity contribution in [2.45, 2.75) is 7.25 Å². The van der Waals surface area contributed by atoms with Crippen molar-refractivity contribution < 1.29 is 21.3 Å². The van der Waals surface area contributed by atoms with Crippen LogP contribution in [0.1, 0.15) is 40.6 Å². The molecule has 1 unspecified atom stereocenters. The van der Waals surface area contributed by atoms with Crippen molar-refractivity contribution in [1.29, 1.82) is 0 Å². The number of hydrogen-bond donors (Lipinski definition) is 0. The molecule has 7 rings (SSSR count). The average Bonchev–Trinajstić information content (AvgIpc) is 3.52. The van der Waals surface area contributed by atoms with E-state index < -0.39 is 21.3 Å². The molecule has 0 saturated carbocycles. The molecule has 38 heavy (non-hydrogen) atoms. The van der Waals surface area contributed by atoms with Gasteiger partial charge in [-0.3, -0.25) is 0 Å². The first kappa shape index (κ1) is 26.8. The molecule has 2 aliphatic carbocycles. The Morgan fingerprint density at radius 1 is 0.474 bits per heavy atom. The normalized spacial score (nSPS) is 14.5. The topological polar surface area (TPSA) is 0 Å². The number of hydrogen-bond acceptors (Lipinski definition) is 0. The largest absolute Gasteiger partial charge is 0.147 e. The van der Waals surface area contributed by atoms with Crippen molar-refractivity contribution in [2.24, 2.45) is 0 Å². The first-order valence-corrected chi connectivity index (χ1v) is 16.8. The number of halogens is 2. The Bertz CT molecular complexity index is 1550. The molecule has 0 fully saturated rings. The summed E-state index contributed by atoms with van der Waals surface area (Å²) in [6, 6.07) is 49.8. The molecule has 1 atom stereocenters. The predicted molar refractivity (Wildman–Crippen MR) is 163 cm³/mol. The van der Waals surface area contributed by atoms with E-state index >= 15 is 0 Å². The SMILES string of the molecule is C1=C[CH]([Zr](=[C](c2ccccc2)c2ccccc2)[CH]2c3ccccc3-c3ccccc32)c2ccccc21.Cl.Cl. The minimum Gasteiger partial charge on any atom is -0.147 e. The molecule has 5 aromatic rings. The van der Waals surface area contributed by atoms with E-state index in [2.05, 4.69) is 146 Å².